The Morgan fingerprint density at radius 1 is 1.15 bits per heavy atom. The lowest BCUT2D eigenvalue weighted by Gasteiger charge is -2.22. The minimum absolute atomic E-state index is 0.344. The van der Waals surface area contributed by atoms with Gasteiger partial charge in [0.2, 0.25) is 0 Å². The molecule has 0 unspecified atom stereocenters. The first kappa shape index (κ1) is 18.2. The molecule has 0 aliphatic rings. The molecule has 3 aromatic rings. The van der Waals surface area contributed by atoms with Crippen LogP contribution < -0.4 is 5.32 Å². The Labute approximate surface area is 156 Å². The fraction of sp³-hybridized carbons (Fsp3) is 0.200. The van der Waals surface area contributed by atoms with E-state index in [0.29, 0.717) is 17.1 Å². The minimum atomic E-state index is -1.28. The van der Waals surface area contributed by atoms with Crippen molar-refractivity contribution in [3.63, 3.8) is 0 Å². The normalized spacial score (nSPS) is 13.3. The predicted molar refractivity (Wildman–Crippen MR) is 101 cm³/mol. The van der Waals surface area contributed by atoms with E-state index in [0.717, 1.165) is 16.5 Å². The molecule has 0 bridgehead atoms. The van der Waals surface area contributed by atoms with Crippen LogP contribution in [0.15, 0.2) is 54.6 Å². The SMILES string of the molecule is CC(=O)[C@H](O)[C@H](Cc1ccccc1)NC(=O)c1cc2cc(Cl)ccc2[nH]1. The molecule has 6 heteroatoms. The van der Waals surface area contributed by atoms with Crippen LogP contribution in [-0.2, 0) is 11.2 Å². The molecule has 1 aromatic heterocycles. The zero-order valence-corrected chi connectivity index (χ0v) is 15.0. The number of aromatic amines is 1. The summed E-state index contributed by atoms with van der Waals surface area (Å²) in [6, 6.07) is 15.7. The highest BCUT2D eigenvalue weighted by atomic mass is 35.5. The van der Waals surface area contributed by atoms with E-state index in [-0.39, 0.29) is 0 Å². The van der Waals surface area contributed by atoms with Crippen LogP contribution in [0.2, 0.25) is 5.02 Å². The zero-order chi connectivity index (χ0) is 18.7. The number of aliphatic hydroxyl groups is 1. The highest BCUT2D eigenvalue weighted by molar-refractivity contribution is 6.31. The number of hydrogen-bond acceptors (Lipinski definition) is 3. The van der Waals surface area contributed by atoms with Gasteiger partial charge in [-0.3, -0.25) is 9.59 Å². The fourth-order valence-corrected chi connectivity index (χ4v) is 3.05. The molecular weight excluding hydrogens is 352 g/mol. The Morgan fingerprint density at radius 2 is 1.88 bits per heavy atom. The van der Waals surface area contributed by atoms with Crippen molar-refractivity contribution in [1.29, 1.82) is 0 Å². The second-order valence-electron chi connectivity index (χ2n) is 6.24. The first-order valence-corrected chi connectivity index (χ1v) is 8.63. The van der Waals surface area contributed by atoms with Crippen molar-refractivity contribution >= 4 is 34.2 Å². The number of fused-ring (bicyclic) bond motifs is 1. The Balaban J connectivity index is 1.82. The van der Waals surface area contributed by atoms with Gasteiger partial charge in [-0.25, -0.2) is 0 Å². The van der Waals surface area contributed by atoms with E-state index >= 15 is 0 Å². The Kier molecular flexibility index (Phi) is 5.40. The molecule has 0 radical (unpaired) electrons. The van der Waals surface area contributed by atoms with Gasteiger partial charge >= 0.3 is 0 Å². The van der Waals surface area contributed by atoms with Gasteiger partial charge in [-0.15, -0.1) is 0 Å². The lowest BCUT2D eigenvalue weighted by Crippen LogP contribution is -2.47. The zero-order valence-electron chi connectivity index (χ0n) is 14.2. The first-order chi connectivity index (χ1) is 12.4. The van der Waals surface area contributed by atoms with Crippen LogP contribution in [0, 0.1) is 0 Å². The molecule has 0 saturated heterocycles. The Bertz CT molecular complexity index is 937. The fourth-order valence-electron chi connectivity index (χ4n) is 2.86. The lowest BCUT2D eigenvalue weighted by molar-refractivity contribution is -0.126. The number of H-pyrrole nitrogens is 1. The topological polar surface area (TPSA) is 82.2 Å². The molecule has 0 fully saturated rings. The summed E-state index contributed by atoms with van der Waals surface area (Å²) in [6.07, 6.45) is -0.933. The van der Waals surface area contributed by atoms with Gasteiger partial charge in [0.05, 0.1) is 6.04 Å². The second-order valence-corrected chi connectivity index (χ2v) is 6.68. The molecule has 2 atom stereocenters. The van der Waals surface area contributed by atoms with E-state index in [1.807, 2.05) is 30.3 Å². The first-order valence-electron chi connectivity index (χ1n) is 8.25. The van der Waals surface area contributed by atoms with Crippen molar-refractivity contribution in [1.82, 2.24) is 10.3 Å². The number of carbonyl (C=O) groups excluding carboxylic acids is 2. The van der Waals surface area contributed by atoms with Crippen molar-refractivity contribution in [2.75, 3.05) is 0 Å². The largest absolute Gasteiger partial charge is 0.383 e. The molecular formula is C20H19ClN2O3. The number of ketones is 1. The van der Waals surface area contributed by atoms with Crippen LogP contribution in [0.4, 0.5) is 0 Å². The number of nitrogens with one attached hydrogen (secondary N) is 2. The van der Waals surface area contributed by atoms with E-state index in [1.165, 1.54) is 6.92 Å². The molecule has 134 valence electrons. The summed E-state index contributed by atoms with van der Waals surface area (Å²) in [7, 11) is 0. The number of carbonyl (C=O) groups is 2. The van der Waals surface area contributed by atoms with Gasteiger partial charge in [-0.05, 0) is 43.2 Å². The van der Waals surface area contributed by atoms with E-state index < -0.39 is 23.8 Å². The van der Waals surface area contributed by atoms with Gasteiger partial charge in [0, 0.05) is 15.9 Å². The summed E-state index contributed by atoms with van der Waals surface area (Å²) >= 11 is 5.97. The molecule has 0 saturated carbocycles. The maximum atomic E-state index is 12.6. The van der Waals surface area contributed by atoms with Crippen LogP contribution >= 0.6 is 11.6 Å². The van der Waals surface area contributed by atoms with Crippen LogP contribution in [0.1, 0.15) is 23.0 Å². The third-order valence-corrected chi connectivity index (χ3v) is 4.48. The average molecular weight is 371 g/mol. The number of amides is 1. The molecule has 3 rings (SSSR count). The Hall–Kier alpha value is -2.63. The molecule has 1 heterocycles. The van der Waals surface area contributed by atoms with E-state index in [1.54, 1.807) is 24.3 Å². The number of Topliss-reactive ketones (excluding diaryl/α,β-unsaturated/α-hetero) is 1. The highest BCUT2D eigenvalue weighted by Crippen LogP contribution is 2.20. The molecule has 0 spiro atoms. The van der Waals surface area contributed by atoms with Crippen LogP contribution in [0.25, 0.3) is 10.9 Å². The van der Waals surface area contributed by atoms with Crippen LogP contribution in [0.5, 0.6) is 0 Å². The van der Waals surface area contributed by atoms with Gasteiger partial charge in [-0.2, -0.15) is 0 Å². The number of hydrogen-bond donors (Lipinski definition) is 3. The second kappa shape index (κ2) is 7.72. The summed E-state index contributed by atoms with van der Waals surface area (Å²) in [5, 5.41) is 14.4. The third kappa shape index (κ3) is 4.12. The van der Waals surface area contributed by atoms with Gasteiger partial charge in [0.15, 0.2) is 5.78 Å². The summed E-state index contributed by atoms with van der Waals surface area (Å²) < 4.78 is 0. The molecule has 3 N–H and O–H groups in total. The molecule has 5 nitrogen and oxygen atoms in total. The van der Waals surface area contributed by atoms with Crippen molar-refractivity contribution < 1.29 is 14.7 Å². The van der Waals surface area contributed by atoms with Crippen LogP contribution in [0.3, 0.4) is 0 Å². The number of benzene rings is 2. The standard InChI is InChI=1S/C20H19ClN2O3/c1-12(24)19(25)17(9-13-5-3-2-4-6-13)23-20(26)18-11-14-10-15(21)7-8-16(14)22-18/h2-8,10-11,17,19,22,25H,9H2,1H3,(H,23,26)/t17-,19-/m0/s1. The smallest absolute Gasteiger partial charge is 0.268 e. The van der Waals surface area contributed by atoms with Crippen molar-refractivity contribution in [2.45, 2.75) is 25.5 Å². The lowest BCUT2D eigenvalue weighted by atomic mass is 9.99. The molecule has 1 amide bonds. The molecule has 0 aliphatic carbocycles. The summed E-state index contributed by atoms with van der Waals surface area (Å²) in [5.74, 6) is -0.784. The summed E-state index contributed by atoms with van der Waals surface area (Å²) in [6.45, 7) is 1.31. The van der Waals surface area contributed by atoms with Gasteiger partial charge in [0.1, 0.15) is 11.8 Å². The number of rotatable bonds is 6. The average Bonchev–Trinajstić information content (AvgIpc) is 3.04. The maximum Gasteiger partial charge on any atom is 0.268 e. The van der Waals surface area contributed by atoms with Crippen molar-refractivity contribution in [3.05, 3.63) is 70.9 Å². The van der Waals surface area contributed by atoms with E-state index in [4.69, 9.17) is 11.6 Å². The predicted octanol–water partition coefficient (Wildman–Crippen LogP) is 3.11. The van der Waals surface area contributed by atoms with Gasteiger partial charge < -0.3 is 15.4 Å². The monoisotopic (exact) mass is 370 g/mol. The quantitative estimate of drug-likeness (QED) is 0.623. The molecule has 2 aromatic carbocycles. The Morgan fingerprint density at radius 3 is 2.58 bits per heavy atom. The minimum Gasteiger partial charge on any atom is -0.383 e. The van der Waals surface area contributed by atoms with E-state index in [9.17, 15) is 14.7 Å². The number of aliphatic hydroxyl groups excluding tert-OH is 1. The highest BCUT2D eigenvalue weighted by Gasteiger charge is 2.26. The number of aromatic nitrogens is 1. The molecule has 0 aliphatic heterocycles. The van der Waals surface area contributed by atoms with E-state index in [2.05, 4.69) is 10.3 Å². The van der Waals surface area contributed by atoms with Crippen molar-refractivity contribution in [2.24, 2.45) is 0 Å². The van der Waals surface area contributed by atoms with Crippen molar-refractivity contribution in [3.8, 4) is 0 Å². The third-order valence-electron chi connectivity index (χ3n) is 4.24. The van der Waals surface area contributed by atoms with Gasteiger partial charge in [0.25, 0.3) is 5.91 Å². The summed E-state index contributed by atoms with van der Waals surface area (Å²) in [5.41, 5.74) is 2.05. The van der Waals surface area contributed by atoms with Crippen LogP contribution in [-0.4, -0.2) is 33.9 Å². The van der Waals surface area contributed by atoms with Gasteiger partial charge in [-0.1, -0.05) is 41.9 Å². The summed E-state index contributed by atoms with van der Waals surface area (Å²) in [4.78, 5) is 27.3. The maximum absolute atomic E-state index is 12.6. The number of halogens is 1. The molecule has 26 heavy (non-hydrogen) atoms.